The van der Waals surface area contributed by atoms with Crippen molar-refractivity contribution in [2.24, 2.45) is 4.99 Å². The zero-order valence-corrected chi connectivity index (χ0v) is 16.0. The number of benzene rings is 1. The topological polar surface area (TPSA) is 75.6 Å². The Morgan fingerprint density at radius 1 is 1.30 bits per heavy atom. The van der Waals surface area contributed by atoms with Gasteiger partial charge in [0.2, 0.25) is 6.79 Å². The van der Waals surface area contributed by atoms with Crippen molar-refractivity contribution < 1.29 is 19.0 Å². The predicted octanol–water partition coefficient (Wildman–Crippen LogP) is 1.80. The van der Waals surface area contributed by atoms with E-state index >= 15 is 0 Å². The van der Waals surface area contributed by atoms with Gasteiger partial charge in [0.1, 0.15) is 5.60 Å². The third-order valence-corrected chi connectivity index (χ3v) is 4.75. The first-order chi connectivity index (χ1) is 12.9. The van der Waals surface area contributed by atoms with Crippen LogP contribution in [0.1, 0.15) is 26.3 Å². The molecule has 1 atom stereocenters. The quantitative estimate of drug-likeness (QED) is 0.851. The second-order valence-corrected chi connectivity index (χ2v) is 7.98. The molecule has 8 nitrogen and oxygen atoms in total. The van der Waals surface area contributed by atoms with Gasteiger partial charge in [-0.25, -0.2) is 4.79 Å². The standard InChI is InChI=1S/C19H26N4O4/c1-19(2,3)27-18(24)22-6-7-23-14(11-22)10-21-17(23)20-9-13-4-5-15-16(8-13)26-12-25-15/h4-5,8,14H,6-7,9-12H2,1-3H3,(H,20,21). The van der Waals surface area contributed by atoms with Crippen molar-refractivity contribution in [1.29, 1.82) is 0 Å². The number of ether oxygens (including phenoxy) is 3. The molecule has 8 heteroatoms. The number of nitrogens with one attached hydrogen (secondary N) is 1. The summed E-state index contributed by atoms with van der Waals surface area (Å²) >= 11 is 0. The number of amides is 1. The minimum Gasteiger partial charge on any atom is -0.454 e. The lowest BCUT2D eigenvalue weighted by molar-refractivity contribution is 0.0137. The molecular weight excluding hydrogens is 348 g/mol. The van der Waals surface area contributed by atoms with Gasteiger partial charge in [0.15, 0.2) is 17.5 Å². The molecule has 0 spiro atoms. The van der Waals surface area contributed by atoms with Gasteiger partial charge in [0.25, 0.3) is 0 Å². The Morgan fingerprint density at radius 3 is 2.93 bits per heavy atom. The molecule has 3 aliphatic heterocycles. The van der Waals surface area contributed by atoms with Crippen LogP contribution in [0.2, 0.25) is 0 Å². The van der Waals surface area contributed by atoms with Gasteiger partial charge < -0.3 is 29.3 Å². The van der Waals surface area contributed by atoms with Gasteiger partial charge in [-0.05, 0) is 38.5 Å². The molecule has 1 fully saturated rings. The summed E-state index contributed by atoms with van der Waals surface area (Å²) in [6.45, 7) is 9.30. The molecule has 1 N–H and O–H groups in total. The molecule has 0 bridgehead atoms. The Bertz CT molecular complexity index is 759. The van der Waals surface area contributed by atoms with Gasteiger partial charge in [-0.15, -0.1) is 0 Å². The number of hydrogen-bond donors (Lipinski definition) is 1. The maximum atomic E-state index is 12.3. The molecule has 3 heterocycles. The van der Waals surface area contributed by atoms with Crippen molar-refractivity contribution in [1.82, 2.24) is 15.1 Å². The highest BCUT2D eigenvalue weighted by Crippen LogP contribution is 2.32. The SMILES string of the molecule is CC(C)(C)OC(=O)N1CCN2C(NCc3ccc4c(c3)OCO4)=NCC2C1. The number of carbonyl (C=O) groups is 1. The zero-order valence-electron chi connectivity index (χ0n) is 16.0. The van der Waals surface area contributed by atoms with E-state index in [4.69, 9.17) is 14.2 Å². The van der Waals surface area contributed by atoms with E-state index in [-0.39, 0.29) is 18.9 Å². The van der Waals surface area contributed by atoms with E-state index in [1.54, 1.807) is 4.90 Å². The number of aliphatic imine (C=N–C) groups is 1. The molecule has 1 saturated heterocycles. The van der Waals surface area contributed by atoms with E-state index < -0.39 is 5.60 Å². The Hall–Kier alpha value is -2.64. The van der Waals surface area contributed by atoms with Gasteiger partial charge in [0, 0.05) is 26.2 Å². The Morgan fingerprint density at radius 2 is 2.11 bits per heavy atom. The average molecular weight is 374 g/mol. The van der Waals surface area contributed by atoms with Crippen LogP contribution in [0.15, 0.2) is 23.2 Å². The molecule has 1 amide bonds. The third kappa shape index (κ3) is 3.89. The lowest BCUT2D eigenvalue weighted by atomic mass is 10.2. The van der Waals surface area contributed by atoms with Crippen molar-refractivity contribution in [3.8, 4) is 11.5 Å². The molecule has 1 unspecified atom stereocenters. The van der Waals surface area contributed by atoms with Crippen molar-refractivity contribution in [2.75, 3.05) is 33.0 Å². The summed E-state index contributed by atoms with van der Waals surface area (Å²) in [7, 11) is 0. The largest absolute Gasteiger partial charge is 0.454 e. The summed E-state index contributed by atoms with van der Waals surface area (Å²) < 4.78 is 16.3. The van der Waals surface area contributed by atoms with Crippen LogP contribution < -0.4 is 14.8 Å². The van der Waals surface area contributed by atoms with Gasteiger partial charge in [0.05, 0.1) is 12.6 Å². The van der Waals surface area contributed by atoms with Crippen LogP contribution in [0, 0.1) is 0 Å². The van der Waals surface area contributed by atoms with Gasteiger partial charge >= 0.3 is 6.09 Å². The number of hydrogen-bond acceptors (Lipinski definition) is 7. The molecule has 3 aliphatic rings. The van der Waals surface area contributed by atoms with Crippen LogP contribution in [-0.4, -0.2) is 66.5 Å². The Labute approximate surface area is 159 Å². The van der Waals surface area contributed by atoms with Gasteiger partial charge in [-0.3, -0.25) is 4.99 Å². The summed E-state index contributed by atoms with van der Waals surface area (Å²) in [5.41, 5.74) is 0.635. The number of guanidine groups is 1. The van der Waals surface area contributed by atoms with Crippen LogP contribution in [0.25, 0.3) is 0 Å². The van der Waals surface area contributed by atoms with Crippen molar-refractivity contribution in [3.05, 3.63) is 23.8 Å². The molecule has 27 heavy (non-hydrogen) atoms. The highest BCUT2D eigenvalue weighted by molar-refractivity contribution is 5.82. The second-order valence-electron chi connectivity index (χ2n) is 7.98. The van der Waals surface area contributed by atoms with Crippen LogP contribution in [-0.2, 0) is 11.3 Å². The minimum absolute atomic E-state index is 0.200. The fourth-order valence-electron chi connectivity index (χ4n) is 3.45. The van der Waals surface area contributed by atoms with Crippen LogP contribution >= 0.6 is 0 Å². The van der Waals surface area contributed by atoms with E-state index in [0.29, 0.717) is 26.2 Å². The van der Waals surface area contributed by atoms with Crippen LogP contribution in [0.3, 0.4) is 0 Å². The van der Waals surface area contributed by atoms with E-state index in [1.807, 2.05) is 39.0 Å². The maximum Gasteiger partial charge on any atom is 0.410 e. The summed E-state index contributed by atoms with van der Waals surface area (Å²) in [5, 5.41) is 3.42. The smallest absolute Gasteiger partial charge is 0.410 e. The molecule has 4 rings (SSSR count). The first-order valence-corrected chi connectivity index (χ1v) is 9.30. The predicted molar refractivity (Wildman–Crippen MR) is 100 cm³/mol. The van der Waals surface area contributed by atoms with E-state index in [0.717, 1.165) is 29.6 Å². The zero-order chi connectivity index (χ0) is 19.0. The molecule has 0 aliphatic carbocycles. The highest BCUT2D eigenvalue weighted by Gasteiger charge is 2.36. The molecule has 0 saturated carbocycles. The molecule has 146 valence electrons. The van der Waals surface area contributed by atoms with E-state index in [2.05, 4.69) is 15.2 Å². The Balaban J connectivity index is 1.31. The second kappa shape index (κ2) is 6.83. The number of carbonyl (C=O) groups excluding carboxylic acids is 1. The number of nitrogens with zero attached hydrogens (tertiary/aromatic N) is 3. The number of piperazine rings is 1. The first kappa shape index (κ1) is 17.8. The van der Waals surface area contributed by atoms with Crippen molar-refractivity contribution in [3.63, 3.8) is 0 Å². The average Bonchev–Trinajstić information content (AvgIpc) is 3.24. The van der Waals surface area contributed by atoms with Gasteiger partial charge in [-0.2, -0.15) is 0 Å². The fraction of sp³-hybridized carbons (Fsp3) is 0.579. The fourth-order valence-corrected chi connectivity index (χ4v) is 3.45. The molecular formula is C19H26N4O4. The van der Waals surface area contributed by atoms with Crippen molar-refractivity contribution >= 4 is 12.1 Å². The number of fused-ring (bicyclic) bond motifs is 2. The summed E-state index contributed by atoms with van der Waals surface area (Å²) in [6, 6.07) is 6.14. The van der Waals surface area contributed by atoms with Gasteiger partial charge in [-0.1, -0.05) is 6.07 Å². The van der Waals surface area contributed by atoms with Crippen LogP contribution in [0.5, 0.6) is 11.5 Å². The lowest BCUT2D eigenvalue weighted by Crippen LogP contribution is -2.57. The molecule has 1 aromatic rings. The number of rotatable bonds is 2. The molecule has 1 aromatic carbocycles. The third-order valence-electron chi connectivity index (χ3n) is 4.75. The normalized spacial score (nSPS) is 21.0. The summed E-state index contributed by atoms with van der Waals surface area (Å²) in [6.07, 6.45) is -0.246. The summed E-state index contributed by atoms with van der Waals surface area (Å²) in [4.78, 5) is 21.0. The molecule has 0 radical (unpaired) electrons. The Kier molecular flexibility index (Phi) is 4.49. The highest BCUT2D eigenvalue weighted by atomic mass is 16.7. The minimum atomic E-state index is -0.474. The lowest BCUT2D eigenvalue weighted by Gasteiger charge is -2.39. The van der Waals surface area contributed by atoms with E-state index in [9.17, 15) is 4.79 Å². The van der Waals surface area contributed by atoms with Crippen molar-refractivity contribution in [2.45, 2.75) is 39.0 Å². The van der Waals surface area contributed by atoms with E-state index in [1.165, 1.54) is 0 Å². The first-order valence-electron chi connectivity index (χ1n) is 9.30. The molecule has 0 aromatic heterocycles. The monoisotopic (exact) mass is 374 g/mol. The van der Waals surface area contributed by atoms with Crippen LogP contribution in [0.4, 0.5) is 4.79 Å². The maximum absolute atomic E-state index is 12.3. The summed E-state index contributed by atoms with van der Waals surface area (Å²) in [5.74, 6) is 2.46.